The van der Waals surface area contributed by atoms with Gasteiger partial charge >= 0.3 is 6.18 Å². The van der Waals surface area contributed by atoms with Crippen LogP contribution < -0.4 is 5.32 Å². The van der Waals surface area contributed by atoms with Crippen LogP contribution in [0.4, 0.5) is 13.2 Å². The molecule has 0 saturated heterocycles. The first-order chi connectivity index (χ1) is 11.4. The number of amides is 1. The zero-order chi connectivity index (χ0) is 17.3. The third-order valence-corrected chi connectivity index (χ3v) is 3.59. The van der Waals surface area contributed by atoms with Crippen LogP contribution in [-0.2, 0) is 0 Å². The van der Waals surface area contributed by atoms with Gasteiger partial charge in [0.1, 0.15) is 11.8 Å². The molecule has 0 bridgehead atoms. The quantitative estimate of drug-likeness (QED) is 0.687. The number of halogens is 3. The summed E-state index contributed by atoms with van der Waals surface area (Å²) in [5.41, 5.74) is 0.526. The number of carbonyl (C=O) groups excluding carboxylic acids is 1. The Labute approximate surface area is 134 Å². The smallest absolute Gasteiger partial charge is 0.361 e. The van der Waals surface area contributed by atoms with Crippen LogP contribution in [0.2, 0.25) is 0 Å². The molecule has 0 aliphatic heterocycles. The maximum absolute atomic E-state index is 13.5. The fourth-order valence-electron chi connectivity index (χ4n) is 2.47. The van der Waals surface area contributed by atoms with Crippen LogP contribution in [0.1, 0.15) is 27.7 Å². The molecule has 0 aliphatic carbocycles. The summed E-state index contributed by atoms with van der Waals surface area (Å²) in [7, 11) is 0. The molecule has 0 fully saturated rings. The zero-order valence-corrected chi connectivity index (χ0v) is 12.1. The summed E-state index contributed by atoms with van der Waals surface area (Å²) >= 11 is 0. The van der Waals surface area contributed by atoms with E-state index in [0.717, 1.165) is 0 Å². The van der Waals surface area contributed by atoms with Crippen LogP contribution in [0.5, 0.6) is 0 Å². The van der Waals surface area contributed by atoms with Crippen molar-refractivity contribution in [2.24, 2.45) is 0 Å². The summed E-state index contributed by atoms with van der Waals surface area (Å²) in [5.74, 6) is -0.941. The average Bonchev–Trinajstić information content (AvgIpc) is 3.18. The molecule has 1 aromatic carbocycles. The predicted molar refractivity (Wildman–Crippen MR) is 80.1 cm³/mol. The molecule has 8 heteroatoms. The van der Waals surface area contributed by atoms with Crippen molar-refractivity contribution in [1.82, 2.24) is 15.3 Å². The molecule has 24 heavy (non-hydrogen) atoms. The van der Waals surface area contributed by atoms with Crippen molar-refractivity contribution in [1.29, 1.82) is 5.26 Å². The number of fused-ring (bicyclic) bond motifs is 1. The highest BCUT2D eigenvalue weighted by Crippen LogP contribution is 2.36. The van der Waals surface area contributed by atoms with Crippen molar-refractivity contribution in [3.63, 3.8) is 0 Å². The molecule has 1 unspecified atom stereocenters. The standard InChI is InChI=1S/C16H11F3N4O/c17-16(18,19)14(11-8-22-12-4-2-1-3-10(11)12)23-15(24)13-5-9(6-20)7-21-13/h1-5,7-8,14,21-22H,(H,23,24). The van der Waals surface area contributed by atoms with E-state index in [0.29, 0.717) is 10.9 Å². The van der Waals surface area contributed by atoms with Gasteiger partial charge in [-0.1, -0.05) is 18.2 Å². The topological polar surface area (TPSA) is 84.5 Å². The number of aromatic amines is 2. The van der Waals surface area contributed by atoms with Crippen LogP contribution in [0.25, 0.3) is 10.9 Å². The van der Waals surface area contributed by atoms with Gasteiger partial charge < -0.3 is 15.3 Å². The van der Waals surface area contributed by atoms with Gasteiger partial charge in [0, 0.05) is 28.9 Å². The molecule has 0 spiro atoms. The molecule has 1 atom stereocenters. The van der Waals surface area contributed by atoms with Gasteiger partial charge in [-0.15, -0.1) is 0 Å². The Balaban J connectivity index is 1.96. The number of H-pyrrole nitrogens is 2. The molecule has 2 aromatic heterocycles. The number of hydrogen-bond acceptors (Lipinski definition) is 2. The van der Waals surface area contributed by atoms with Crippen LogP contribution in [-0.4, -0.2) is 22.1 Å². The monoisotopic (exact) mass is 332 g/mol. The minimum Gasteiger partial charge on any atom is -0.361 e. The fourth-order valence-corrected chi connectivity index (χ4v) is 2.47. The molecule has 122 valence electrons. The van der Waals surface area contributed by atoms with Crippen molar-refractivity contribution < 1.29 is 18.0 Å². The second-order valence-corrected chi connectivity index (χ2v) is 5.15. The van der Waals surface area contributed by atoms with Gasteiger partial charge in [0.25, 0.3) is 5.91 Å². The van der Waals surface area contributed by atoms with Gasteiger partial charge in [-0.2, -0.15) is 18.4 Å². The molecular formula is C16H11F3N4O. The number of alkyl halides is 3. The molecule has 5 nitrogen and oxygen atoms in total. The summed E-state index contributed by atoms with van der Waals surface area (Å²) in [4.78, 5) is 17.4. The van der Waals surface area contributed by atoms with Crippen LogP contribution in [0.3, 0.4) is 0 Å². The Morgan fingerprint density at radius 3 is 2.62 bits per heavy atom. The van der Waals surface area contributed by atoms with Gasteiger partial charge in [-0.05, 0) is 12.1 Å². The lowest BCUT2D eigenvalue weighted by Gasteiger charge is -2.21. The molecule has 3 aromatic rings. The largest absolute Gasteiger partial charge is 0.412 e. The number of nitrogens with zero attached hydrogens (tertiary/aromatic N) is 1. The summed E-state index contributed by atoms with van der Waals surface area (Å²) in [6.45, 7) is 0. The van der Waals surface area contributed by atoms with Crippen molar-refractivity contribution in [3.05, 3.63) is 59.5 Å². The lowest BCUT2D eigenvalue weighted by Crippen LogP contribution is -2.38. The lowest BCUT2D eigenvalue weighted by molar-refractivity contribution is -0.155. The minimum atomic E-state index is -4.68. The molecule has 0 aliphatic rings. The molecule has 0 radical (unpaired) electrons. The second kappa shape index (κ2) is 5.77. The first kappa shape index (κ1) is 15.7. The molecule has 1 amide bonds. The van der Waals surface area contributed by atoms with Crippen LogP contribution in [0.15, 0.2) is 42.7 Å². The number of aromatic nitrogens is 2. The van der Waals surface area contributed by atoms with E-state index < -0.39 is 18.1 Å². The van der Waals surface area contributed by atoms with Gasteiger partial charge in [-0.3, -0.25) is 4.79 Å². The van der Waals surface area contributed by atoms with Gasteiger partial charge in [0.05, 0.1) is 5.56 Å². The Morgan fingerprint density at radius 2 is 1.96 bits per heavy atom. The van der Waals surface area contributed by atoms with E-state index in [1.807, 2.05) is 5.32 Å². The number of nitrogens with one attached hydrogen (secondary N) is 3. The average molecular weight is 332 g/mol. The lowest BCUT2D eigenvalue weighted by atomic mass is 10.1. The predicted octanol–water partition coefficient (Wildman–Crippen LogP) is 3.40. The zero-order valence-electron chi connectivity index (χ0n) is 12.1. The van der Waals surface area contributed by atoms with Gasteiger partial charge in [0.15, 0.2) is 6.04 Å². The maximum Gasteiger partial charge on any atom is 0.412 e. The van der Waals surface area contributed by atoms with Crippen LogP contribution in [0, 0.1) is 11.3 Å². The summed E-state index contributed by atoms with van der Waals surface area (Å²) in [6, 6.07) is 7.35. The van der Waals surface area contributed by atoms with Crippen LogP contribution >= 0.6 is 0 Å². The summed E-state index contributed by atoms with van der Waals surface area (Å²) in [6.07, 6.45) is -2.19. The Hall–Kier alpha value is -3.21. The van der Waals surface area contributed by atoms with Crippen molar-refractivity contribution in [3.8, 4) is 6.07 Å². The van der Waals surface area contributed by atoms with E-state index in [1.165, 1.54) is 18.5 Å². The molecule has 2 heterocycles. The SMILES string of the molecule is N#Cc1c[nH]c(C(=O)NC(c2c[nH]c3ccccc23)C(F)(F)F)c1. The second-order valence-electron chi connectivity index (χ2n) is 5.15. The van der Waals surface area contributed by atoms with Crippen molar-refractivity contribution in [2.75, 3.05) is 0 Å². The number of nitriles is 1. The number of rotatable bonds is 3. The fraction of sp³-hybridized carbons (Fsp3) is 0.125. The van der Waals surface area contributed by atoms with E-state index >= 15 is 0 Å². The van der Waals surface area contributed by atoms with Crippen molar-refractivity contribution in [2.45, 2.75) is 12.2 Å². The number of carbonyl (C=O) groups is 1. The third kappa shape index (κ3) is 2.84. The van der Waals surface area contributed by atoms with E-state index in [-0.39, 0.29) is 16.8 Å². The van der Waals surface area contributed by atoms with E-state index in [1.54, 1.807) is 30.3 Å². The normalized spacial score (nSPS) is 12.8. The number of hydrogen-bond donors (Lipinski definition) is 3. The van der Waals surface area contributed by atoms with E-state index in [4.69, 9.17) is 5.26 Å². The molecule has 3 N–H and O–H groups in total. The Kier molecular flexibility index (Phi) is 3.77. The number of para-hydroxylation sites is 1. The van der Waals surface area contributed by atoms with Gasteiger partial charge in [0.2, 0.25) is 0 Å². The summed E-state index contributed by atoms with van der Waals surface area (Å²) in [5, 5.41) is 11.1. The third-order valence-electron chi connectivity index (χ3n) is 3.59. The summed E-state index contributed by atoms with van der Waals surface area (Å²) < 4.78 is 40.4. The first-order valence-electron chi connectivity index (χ1n) is 6.92. The molecular weight excluding hydrogens is 321 g/mol. The van der Waals surface area contributed by atoms with E-state index in [9.17, 15) is 18.0 Å². The Morgan fingerprint density at radius 1 is 1.21 bits per heavy atom. The first-order valence-corrected chi connectivity index (χ1v) is 6.92. The number of benzene rings is 1. The maximum atomic E-state index is 13.5. The van der Waals surface area contributed by atoms with Gasteiger partial charge in [-0.25, -0.2) is 0 Å². The minimum absolute atomic E-state index is 0.0708. The highest BCUT2D eigenvalue weighted by Gasteiger charge is 2.43. The highest BCUT2D eigenvalue weighted by atomic mass is 19.4. The molecule has 3 rings (SSSR count). The van der Waals surface area contributed by atoms with E-state index in [2.05, 4.69) is 9.97 Å². The molecule has 0 saturated carbocycles. The van der Waals surface area contributed by atoms with Crippen molar-refractivity contribution >= 4 is 16.8 Å². The highest BCUT2D eigenvalue weighted by molar-refractivity contribution is 5.94. The Bertz CT molecular complexity index is 933.